The normalized spacial score (nSPS) is 10.1. The van der Waals surface area contributed by atoms with E-state index >= 15 is 0 Å². The molecule has 4 N–H and O–H groups in total. The van der Waals surface area contributed by atoms with Crippen molar-refractivity contribution in [2.75, 3.05) is 30.9 Å². The minimum Gasteiger partial charge on any atom is -0.399 e. The van der Waals surface area contributed by atoms with Crippen molar-refractivity contribution in [1.29, 1.82) is 0 Å². The Kier molecular flexibility index (Phi) is 5.31. The molecule has 1 rings (SSSR count). The molecule has 0 bridgehead atoms. The molecule has 0 spiro atoms. The molecule has 0 atom stereocenters. The lowest BCUT2D eigenvalue weighted by Gasteiger charge is -2.05. The average molecular weight is 224 g/mol. The van der Waals surface area contributed by atoms with Gasteiger partial charge < -0.3 is 20.9 Å². The molecule has 5 heteroatoms. The Hall–Kier alpha value is -1.59. The highest BCUT2D eigenvalue weighted by Gasteiger charge is 2.01. The Balaban J connectivity index is 2.26. The van der Waals surface area contributed by atoms with E-state index in [9.17, 15) is 4.79 Å². The molecule has 0 saturated heterocycles. The fraction of sp³-hybridized carbons (Fsp3) is 0.364. The Labute approximate surface area is 94.2 Å². The van der Waals surface area contributed by atoms with Crippen molar-refractivity contribution in [3.05, 3.63) is 24.3 Å². The van der Waals surface area contributed by atoms with Crippen LogP contribution < -0.4 is 11.1 Å². The molecule has 0 saturated carbocycles. The van der Waals surface area contributed by atoms with E-state index in [1.54, 1.807) is 24.3 Å². The van der Waals surface area contributed by atoms with Crippen LogP contribution in [-0.2, 0) is 9.53 Å². The SMILES string of the molecule is Nc1ccc(NC(=O)CCOCCO)cc1. The van der Waals surface area contributed by atoms with Gasteiger partial charge in [0.1, 0.15) is 0 Å². The molecule has 0 aliphatic heterocycles. The molecule has 0 unspecified atom stereocenters. The summed E-state index contributed by atoms with van der Waals surface area (Å²) in [6, 6.07) is 6.92. The van der Waals surface area contributed by atoms with E-state index in [1.807, 2.05) is 0 Å². The quantitative estimate of drug-likeness (QED) is 0.488. The number of aliphatic hydroxyl groups is 1. The minimum absolute atomic E-state index is 0.0282. The van der Waals surface area contributed by atoms with Gasteiger partial charge in [0.25, 0.3) is 0 Å². The average Bonchev–Trinajstić information content (AvgIpc) is 2.28. The van der Waals surface area contributed by atoms with Gasteiger partial charge in [0.2, 0.25) is 5.91 Å². The molecule has 0 aliphatic rings. The van der Waals surface area contributed by atoms with Gasteiger partial charge in [-0.1, -0.05) is 0 Å². The molecule has 1 aromatic rings. The lowest BCUT2D eigenvalue weighted by atomic mass is 10.3. The summed E-state index contributed by atoms with van der Waals surface area (Å²) in [6.45, 7) is 0.538. The number of nitrogens with one attached hydrogen (secondary N) is 1. The number of ether oxygens (including phenoxy) is 1. The molecule has 88 valence electrons. The highest BCUT2D eigenvalue weighted by atomic mass is 16.5. The van der Waals surface area contributed by atoms with Crippen molar-refractivity contribution in [2.24, 2.45) is 0 Å². The summed E-state index contributed by atoms with van der Waals surface area (Å²) in [7, 11) is 0. The molecule has 0 radical (unpaired) electrons. The molecule has 0 heterocycles. The van der Waals surface area contributed by atoms with Crippen molar-refractivity contribution in [2.45, 2.75) is 6.42 Å². The monoisotopic (exact) mass is 224 g/mol. The van der Waals surface area contributed by atoms with Crippen molar-refractivity contribution in [3.8, 4) is 0 Å². The Bertz CT molecular complexity index is 325. The Morgan fingerprint density at radius 2 is 2.00 bits per heavy atom. The van der Waals surface area contributed by atoms with E-state index < -0.39 is 0 Å². The van der Waals surface area contributed by atoms with Gasteiger partial charge in [-0.25, -0.2) is 0 Å². The first-order chi connectivity index (χ1) is 7.72. The maximum absolute atomic E-state index is 11.4. The van der Waals surface area contributed by atoms with Crippen LogP contribution in [0, 0.1) is 0 Å². The van der Waals surface area contributed by atoms with Crippen molar-refractivity contribution >= 4 is 17.3 Å². The molecular weight excluding hydrogens is 208 g/mol. The molecule has 0 aliphatic carbocycles. The predicted octanol–water partition coefficient (Wildman–Crippen LogP) is 0.606. The van der Waals surface area contributed by atoms with Crippen molar-refractivity contribution in [3.63, 3.8) is 0 Å². The van der Waals surface area contributed by atoms with Crippen LogP contribution >= 0.6 is 0 Å². The maximum atomic E-state index is 11.4. The summed E-state index contributed by atoms with van der Waals surface area (Å²) < 4.78 is 4.98. The minimum atomic E-state index is -0.122. The number of benzene rings is 1. The van der Waals surface area contributed by atoms with Crippen LogP contribution in [0.3, 0.4) is 0 Å². The lowest BCUT2D eigenvalue weighted by molar-refractivity contribution is -0.117. The van der Waals surface area contributed by atoms with Crippen LogP contribution in [0.5, 0.6) is 0 Å². The summed E-state index contributed by atoms with van der Waals surface area (Å²) in [5.74, 6) is -0.122. The fourth-order valence-corrected chi connectivity index (χ4v) is 1.12. The van der Waals surface area contributed by atoms with Gasteiger partial charge in [0.05, 0.1) is 26.2 Å². The van der Waals surface area contributed by atoms with Gasteiger partial charge in [-0.3, -0.25) is 4.79 Å². The van der Waals surface area contributed by atoms with Crippen molar-refractivity contribution < 1.29 is 14.6 Å². The number of carbonyl (C=O) groups is 1. The molecule has 1 amide bonds. The van der Waals surface area contributed by atoms with E-state index in [2.05, 4.69) is 5.32 Å². The standard InChI is InChI=1S/C11H16N2O3/c12-9-1-3-10(4-2-9)13-11(15)5-7-16-8-6-14/h1-4,14H,5-8,12H2,(H,13,15). The summed E-state index contributed by atoms with van der Waals surface area (Å²) >= 11 is 0. The first-order valence-electron chi connectivity index (χ1n) is 5.06. The third-order valence-corrected chi connectivity index (χ3v) is 1.90. The molecule has 0 fully saturated rings. The molecule has 16 heavy (non-hydrogen) atoms. The predicted molar refractivity (Wildman–Crippen MR) is 62.0 cm³/mol. The van der Waals surface area contributed by atoms with Crippen LogP contribution in [0.1, 0.15) is 6.42 Å². The number of anilines is 2. The zero-order valence-electron chi connectivity index (χ0n) is 8.98. The van der Waals surface area contributed by atoms with Crippen LogP contribution in [0.4, 0.5) is 11.4 Å². The van der Waals surface area contributed by atoms with E-state index in [1.165, 1.54) is 0 Å². The van der Waals surface area contributed by atoms with E-state index in [-0.39, 0.29) is 25.5 Å². The highest BCUT2D eigenvalue weighted by molar-refractivity contribution is 5.90. The summed E-state index contributed by atoms with van der Waals surface area (Å²) in [5.41, 5.74) is 6.88. The van der Waals surface area contributed by atoms with Crippen molar-refractivity contribution in [1.82, 2.24) is 0 Å². The van der Waals surface area contributed by atoms with Crippen LogP contribution in [0.2, 0.25) is 0 Å². The smallest absolute Gasteiger partial charge is 0.226 e. The van der Waals surface area contributed by atoms with Crippen LogP contribution in [0.15, 0.2) is 24.3 Å². The van der Waals surface area contributed by atoms with Crippen LogP contribution in [-0.4, -0.2) is 30.8 Å². The van der Waals surface area contributed by atoms with E-state index in [0.29, 0.717) is 18.0 Å². The number of amides is 1. The molecule has 0 aromatic heterocycles. The number of hydrogen-bond donors (Lipinski definition) is 3. The van der Waals surface area contributed by atoms with Gasteiger partial charge >= 0.3 is 0 Å². The number of aliphatic hydroxyl groups excluding tert-OH is 1. The lowest BCUT2D eigenvalue weighted by Crippen LogP contribution is -2.14. The second-order valence-corrected chi connectivity index (χ2v) is 3.26. The van der Waals surface area contributed by atoms with Gasteiger partial charge in [-0.05, 0) is 24.3 Å². The first kappa shape index (κ1) is 12.5. The second kappa shape index (κ2) is 6.81. The molecule has 5 nitrogen and oxygen atoms in total. The second-order valence-electron chi connectivity index (χ2n) is 3.26. The van der Waals surface area contributed by atoms with Crippen LogP contribution in [0.25, 0.3) is 0 Å². The first-order valence-corrected chi connectivity index (χ1v) is 5.06. The Morgan fingerprint density at radius 3 is 2.62 bits per heavy atom. The third kappa shape index (κ3) is 4.77. The summed E-state index contributed by atoms with van der Waals surface area (Å²) in [6.07, 6.45) is 0.268. The number of nitrogen functional groups attached to an aromatic ring is 1. The van der Waals surface area contributed by atoms with E-state index in [0.717, 1.165) is 0 Å². The summed E-state index contributed by atoms with van der Waals surface area (Å²) in [4.78, 5) is 11.4. The number of hydrogen-bond acceptors (Lipinski definition) is 4. The largest absolute Gasteiger partial charge is 0.399 e. The van der Waals surface area contributed by atoms with Gasteiger partial charge in [0.15, 0.2) is 0 Å². The zero-order valence-corrected chi connectivity index (χ0v) is 8.98. The Morgan fingerprint density at radius 1 is 1.31 bits per heavy atom. The van der Waals surface area contributed by atoms with Gasteiger partial charge in [0, 0.05) is 11.4 Å². The number of nitrogens with two attached hydrogens (primary N) is 1. The highest BCUT2D eigenvalue weighted by Crippen LogP contribution is 2.10. The maximum Gasteiger partial charge on any atom is 0.226 e. The molecular formula is C11H16N2O3. The van der Waals surface area contributed by atoms with E-state index in [4.69, 9.17) is 15.6 Å². The zero-order chi connectivity index (χ0) is 11.8. The number of rotatable bonds is 6. The third-order valence-electron chi connectivity index (χ3n) is 1.90. The summed E-state index contributed by atoms with van der Waals surface area (Å²) in [5, 5.41) is 11.2. The fourth-order valence-electron chi connectivity index (χ4n) is 1.12. The van der Waals surface area contributed by atoms with Gasteiger partial charge in [-0.15, -0.1) is 0 Å². The topological polar surface area (TPSA) is 84.6 Å². The number of carbonyl (C=O) groups excluding carboxylic acids is 1. The molecule has 1 aromatic carbocycles. The van der Waals surface area contributed by atoms with Gasteiger partial charge in [-0.2, -0.15) is 0 Å².